The number of aliphatic hydroxyl groups is 1. The van der Waals surface area contributed by atoms with E-state index in [1.54, 1.807) is 0 Å². The van der Waals surface area contributed by atoms with E-state index in [0.717, 1.165) is 16.5 Å². The van der Waals surface area contributed by atoms with Crippen LogP contribution < -0.4 is 0 Å². The minimum Gasteiger partial charge on any atom is -0.392 e. The fourth-order valence-electron chi connectivity index (χ4n) is 1.48. The molecule has 0 radical (unpaired) electrons. The maximum absolute atomic E-state index is 8.93. The second-order valence-electron chi connectivity index (χ2n) is 2.98. The zero-order chi connectivity index (χ0) is 8.55. The van der Waals surface area contributed by atoms with E-state index in [9.17, 15) is 0 Å². The Morgan fingerprint density at radius 1 is 1.42 bits per heavy atom. The quantitative estimate of drug-likeness (QED) is 0.777. The van der Waals surface area contributed by atoms with Crippen LogP contribution >= 0.6 is 15.9 Å². The molecule has 0 spiro atoms. The Balaban J connectivity index is 2.42. The van der Waals surface area contributed by atoms with Crippen molar-refractivity contribution in [3.05, 3.63) is 39.4 Å². The SMILES string of the molecule is OCC1=Cc2cc(Br)ccc2C1. The van der Waals surface area contributed by atoms with E-state index in [1.165, 1.54) is 11.1 Å². The van der Waals surface area contributed by atoms with Crippen molar-refractivity contribution in [1.82, 2.24) is 0 Å². The first kappa shape index (κ1) is 8.02. The van der Waals surface area contributed by atoms with Gasteiger partial charge in [0, 0.05) is 4.47 Å². The highest BCUT2D eigenvalue weighted by Crippen LogP contribution is 2.27. The molecule has 1 aliphatic rings. The summed E-state index contributed by atoms with van der Waals surface area (Å²) in [5.41, 5.74) is 3.64. The average Bonchev–Trinajstić information content (AvgIpc) is 2.46. The van der Waals surface area contributed by atoms with E-state index < -0.39 is 0 Å². The number of benzene rings is 1. The van der Waals surface area contributed by atoms with Gasteiger partial charge in [-0.3, -0.25) is 0 Å². The number of aliphatic hydroxyl groups excluding tert-OH is 1. The minimum atomic E-state index is 0.173. The Morgan fingerprint density at radius 2 is 2.25 bits per heavy atom. The largest absolute Gasteiger partial charge is 0.392 e. The van der Waals surface area contributed by atoms with E-state index in [2.05, 4.69) is 34.1 Å². The predicted octanol–water partition coefficient (Wildman–Crippen LogP) is 2.38. The third-order valence-electron chi connectivity index (χ3n) is 2.09. The van der Waals surface area contributed by atoms with Crippen molar-refractivity contribution in [3.63, 3.8) is 0 Å². The molecule has 0 heterocycles. The highest BCUT2D eigenvalue weighted by Gasteiger charge is 2.11. The zero-order valence-electron chi connectivity index (χ0n) is 6.55. The lowest BCUT2D eigenvalue weighted by Gasteiger charge is -1.97. The molecule has 0 saturated heterocycles. The molecule has 0 atom stereocenters. The van der Waals surface area contributed by atoms with Crippen molar-refractivity contribution in [2.45, 2.75) is 6.42 Å². The lowest BCUT2D eigenvalue weighted by Crippen LogP contribution is -1.88. The van der Waals surface area contributed by atoms with Crippen LogP contribution in [-0.2, 0) is 6.42 Å². The molecule has 1 N–H and O–H groups in total. The van der Waals surface area contributed by atoms with E-state index >= 15 is 0 Å². The lowest BCUT2D eigenvalue weighted by molar-refractivity contribution is 0.330. The van der Waals surface area contributed by atoms with Crippen LogP contribution in [0.4, 0.5) is 0 Å². The molecule has 62 valence electrons. The molecule has 0 fully saturated rings. The molecular weight excluding hydrogens is 216 g/mol. The van der Waals surface area contributed by atoms with E-state index in [1.807, 2.05) is 6.07 Å². The molecule has 2 heteroatoms. The number of halogens is 1. The molecule has 0 aliphatic heterocycles. The number of hydrogen-bond donors (Lipinski definition) is 1. The summed E-state index contributed by atoms with van der Waals surface area (Å²) in [7, 11) is 0. The molecule has 1 nitrogen and oxygen atoms in total. The lowest BCUT2D eigenvalue weighted by atomic mass is 10.1. The maximum atomic E-state index is 8.93. The maximum Gasteiger partial charge on any atom is 0.0648 e. The van der Waals surface area contributed by atoms with E-state index in [0.29, 0.717) is 0 Å². The molecule has 0 amide bonds. The van der Waals surface area contributed by atoms with Gasteiger partial charge in [-0.25, -0.2) is 0 Å². The van der Waals surface area contributed by atoms with Crippen molar-refractivity contribution in [2.75, 3.05) is 6.61 Å². The summed E-state index contributed by atoms with van der Waals surface area (Å²) in [6.07, 6.45) is 2.96. The first-order valence-electron chi connectivity index (χ1n) is 3.88. The first-order valence-corrected chi connectivity index (χ1v) is 4.67. The van der Waals surface area contributed by atoms with Crippen molar-refractivity contribution >= 4 is 22.0 Å². The van der Waals surface area contributed by atoms with Gasteiger partial charge in [0.05, 0.1) is 6.61 Å². The van der Waals surface area contributed by atoms with Crippen LogP contribution in [0.3, 0.4) is 0 Å². The van der Waals surface area contributed by atoms with Gasteiger partial charge >= 0.3 is 0 Å². The highest BCUT2D eigenvalue weighted by atomic mass is 79.9. The molecule has 1 aromatic rings. The van der Waals surface area contributed by atoms with Crippen LogP contribution in [0.15, 0.2) is 28.2 Å². The standard InChI is InChI=1S/C10H9BrO/c11-10-2-1-8-3-7(6-12)4-9(8)5-10/h1-2,4-5,12H,3,6H2. The zero-order valence-corrected chi connectivity index (χ0v) is 8.13. The molecule has 0 bridgehead atoms. The smallest absolute Gasteiger partial charge is 0.0648 e. The summed E-state index contributed by atoms with van der Waals surface area (Å²) in [5, 5.41) is 8.93. The van der Waals surface area contributed by atoms with Gasteiger partial charge in [0.25, 0.3) is 0 Å². The normalized spacial score (nSPS) is 14.3. The molecule has 1 aliphatic carbocycles. The third-order valence-corrected chi connectivity index (χ3v) is 2.58. The minimum absolute atomic E-state index is 0.173. The van der Waals surface area contributed by atoms with Gasteiger partial charge in [-0.05, 0) is 35.3 Å². The highest BCUT2D eigenvalue weighted by molar-refractivity contribution is 9.10. The molecule has 0 unspecified atom stereocenters. The summed E-state index contributed by atoms with van der Waals surface area (Å²) < 4.78 is 1.09. The number of rotatable bonds is 1. The van der Waals surface area contributed by atoms with Gasteiger partial charge in [-0.2, -0.15) is 0 Å². The predicted molar refractivity (Wildman–Crippen MR) is 52.9 cm³/mol. The van der Waals surface area contributed by atoms with Crippen molar-refractivity contribution < 1.29 is 5.11 Å². The van der Waals surface area contributed by atoms with Crippen LogP contribution in [0.1, 0.15) is 11.1 Å². The first-order chi connectivity index (χ1) is 5.79. The molecule has 0 aromatic heterocycles. The fourth-order valence-corrected chi connectivity index (χ4v) is 1.86. The van der Waals surface area contributed by atoms with Crippen LogP contribution in [-0.4, -0.2) is 11.7 Å². The monoisotopic (exact) mass is 224 g/mol. The molecule has 1 aromatic carbocycles. The molecular formula is C10H9BrO. The summed E-state index contributed by atoms with van der Waals surface area (Å²) in [4.78, 5) is 0. The van der Waals surface area contributed by atoms with Crippen molar-refractivity contribution in [3.8, 4) is 0 Å². The second kappa shape index (κ2) is 3.04. The van der Waals surface area contributed by atoms with Crippen LogP contribution in [0, 0.1) is 0 Å². The van der Waals surface area contributed by atoms with E-state index in [4.69, 9.17) is 5.11 Å². The topological polar surface area (TPSA) is 20.2 Å². The number of hydrogen-bond acceptors (Lipinski definition) is 1. The van der Waals surface area contributed by atoms with Gasteiger partial charge < -0.3 is 5.11 Å². The van der Waals surface area contributed by atoms with E-state index in [-0.39, 0.29) is 6.61 Å². The summed E-state index contributed by atoms with van der Waals surface area (Å²) >= 11 is 3.41. The Bertz CT molecular complexity index is 342. The average molecular weight is 225 g/mol. The van der Waals surface area contributed by atoms with Crippen molar-refractivity contribution in [1.29, 1.82) is 0 Å². The third kappa shape index (κ3) is 1.32. The Hall–Kier alpha value is -0.600. The Morgan fingerprint density at radius 3 is 3.00 bits per heavy atom. The van der Waals surface area contributed by atoms with Gasteiger partial charge in [0.2, 0.25) is 0 Å². The van der Waals surface area contributed by atoms with Gasteiger partial charge in [-0.15, -0.1) is 0 Å². The summed E-state index contributed by atoms with van der Waals surface area (Å²) in [5.74, 6) is 0. The summed E-state index contributed by atoms with van der Waals surface area (Å²) in [6.45, 7) is 0.173. The molecule has 0 saturated carbocycles. The summed E-state index contributed by atoms with van der Waals surface area (Å²) in [6, 6.07) is 6.21. The van der Waals surface area contributed by atoms with Gasteiger partial charge in [0.1, 0.15) is 0 Å². The molecule has 12 heavy (non-hydrogen) atoms. The second-order valence-corrected chi connectivity index (χ2v) is 3.90. The fraction of sp³-hybridized carbons (Fsp3) is 0.200. The van der Waals surface area contributed by atoms with Crippen LogP contribution in [0.25, 0.3) is 6.08 Å². The Labute approximate surface area is 79.9 Å². The van der Waals surface area contributed by atoms with Crippen molar-refractivity contribution in [2.24, 2.45) is 0 Å². The van der Waals surface area contributed by atoms with Gasteiger partial charge in [0.15, 0.2) is 0 Å². The Kier molecular flexibility index (Phi) is 2.03. The molecule has 2 rings (SSSR count). The van der Waals surface area contributed by atoms with Crippen LogP contribution in [0.5, 0.6) is 0 Å². The number of fused-ring (bicyclic) bond motifs is 1. The van der Waals surface area contributed by atoms with Gasteiger partial charge in [-0.1, -0.05) is 28.1 Å². The van der Waals surface area contributed by atoms with Crippen LogP contribution in [0.2, 0.25) is 0 Å².